The average Bonchev–Trinajstić information content (AvgIpc) is 2.76. The molecule has 1 saturated carbocycles. The number of primary amides is 1. The molecule has 0 unspecified atom stereocenters. The van der Waals surface area contributed by atoms with E-state index in [0.717, 1.165) is 42.5 Å². The van der Waals surface area contributed by atoms with E-state index in [-0.39, 0.29) is 17.6 Å². The van der Waals surface area contributed by atoms with Crippen molar-refractivity contribution < 1.29 is 4.79 Å². The molecule has 2 atom stereocenters. The summed E-state index contributed by atoms with van der Waals surface area (Å²) in [6.07, 6.45) is 8.98. The Balaban J connectivity index is 1.55. The zero-order valence-electron chi connectivity index (χ0n) is 16.5. The molecule has 1 amide bonds. The molecule has 2 heterocycles. The number of benzene rings is 1. The fourth-order valence-electron chi connectivity index (χ4n) is 3.58. The topological polar surface area (TPSA) is 145 Å². The van der Waals surface area contributed by atoms with Crippen molar-refractivity contribution in [2.75, 3.05) is 10.6 Å². The summed E-state index contributed by atoms with van der Waals surface area (Å²) < 4.78 is 0. The Morgan fingerprint density at radius 1 is 1.00 bits per heavy atom. The van der Waals surface area contributed by atoms with E-state index in [1.807, 2.05) is 30.3 Å². The predicted molar refractivity (Wildman–Crippen MR) is 115 cm³/mol. The second-order valence-corrected chi connectivity index (χ2v) is 7.35. The van der Waals surface area contributed by atoms with Crippen molar-refractivity contribution in [3.63, 3.8) is 0 Å². The Kier molecular flexibility index (Phi) is 5.80. The van der Waals surface area contributed by atoms with Crippen LogP contribution in [-0.4, -0.2) is 38.2 Å². The van der Waals surface area contributed by atoms with Gasteiger partial charge in [0, 0.05) is 29.5 Å². The highest BCUT2D eigenvalue weighted by Crippen LogP contribution is 2.25. The number of rotatable bonds is 6. The molecule has 9 heteroatoms. The lowest BCUT2D eigenvalue weighted by Crippen LogP contribution is -2.43. The molecular formula is C21H24N8O. The minimum atomic E-state index is -0.599. The van der Waals surface area contributed by atoms with Gasteiger partial charge in [0.05, 0.1) is 12.4 Å². The molecule has 3 aromatic rings. The van der Waals surface area contributed by atoms with Crippen molar-refractivity contribution in [3.05, 3.63) is 54.5 Å². The monoisotopic (exact) mass is 404 g/mol. The number of nitrogens with two attached hydrogens (primary N) is 2. The minimum Gasteiger partial charge on any atom is -0.365 e. The molecule has 0 aliphatic heterocycles. The van der Waals surface area contributed by atoms with Gasteiger partial charge in [-0.25, -0.2) is 4.98 Å². The zero-order chi connectivity index (χ0) is 20.9. The average molecular weight is 404 g/mol. The number of hydrogen-bond acceptors (Lipinski definition) is 8. The predicted octanol–water partition coefficient (Wildman–Crippen LogP) is 2.46. The highest BCUT2D eigenvalue weighted by molar-refractivity contribution is 5.98. The second-order valence-electron chi connectivity index (χ2n) is 7.35. The molecular weight excluding hydrogens is 380 g/mol. The number of carbonyl (C=O) groups excluding carboxylic acids is 1. The molecule has 154 valence electrons. The molecule has 6 N–H and O–H groups in total. The van der Waals surface area contributed by atoms with Crippen LogP contribution in [0.5, 0.6) is 0 Å². The van der Waals surface area contributed by atoms with E-state index in [1.54, 1.807) is 12.4 Å². The first kappa shape index (κ1) is 19.7. The normalized spacial score (nSPS) is 18.6. The first-order valence-corrected chi connectivity index (χ1v) is 9.93. The maximum atomic E-state index is 11.9. The highest BCUT2D eigenvalue weighted by Gasteiger charge is 2.23. The fraction of sp³-hybridized carbons (Fsp3) is 0.286. The Morgan fingerprint density at radius 3 is 2.50 bits per heavy atom. The summed E-state index contributed by atoms with van der Waals surface area (Å²) in [6.45, 7) is 0. The van der Waals surface area contributed by atoms with E-state index in [1.165, 1.54) is 6.20 Å². The van der Waals surface area contributed by atoms with E-state index in [9.17, 15) is 4.79 Å². The number of anilines is 3. The summed E-state index contributed by atoms with van der Waals surface area (Å²) in [6, 6.07) is 9.75. The van der Waals surface area contributed by atoms with Crippen LogP contribution in [0, 0.1) is 0 Å². The lowest BCUT2D eigenvalue weighted by Gasteiger charge is -2.29. The van der Waals surface area contributed by atoms with E-state index in [2.05, 4.69) is 30.8 Å². The molecule has 4 rings (SSSR count). The van der Waals surface area contributed by atoms with Crippen molar-refractivity contribution >= 4 is 23.4 Å². The van der Waals surface area contributed by atoms with Gasteiger partial charge < -0.3 is 22.1 Å². The van der Waals surface area contributed by atoms with Gasteiger partial charge >= 0.3 is 0 Å². The number of hydrogen-bond donors (Lipinski definition) is 4. The number of nitrogens with one attached hydrogen (secondary N) is 2. The lowest BCUT2D eigenvalue weighted by atomic mass is 9.91. The number of carbonyl (C=O) groups is 1. The first-order chi connectivity index (χ1) is 14.6. The molecule has 1 aromatic carbocycles. The summed E-state index contributed by atoms with van der Waals surface area (Å²) in [5.74, 6) is 0.171. The Bertz CT molecular complexity index is 1010. The molecule has 30 heavy (non-hydrogen) atoms. The van der Waals surface area contributed by atoms with Crippen LogP contribution in [0.4, 0.5) is 17.5 Å². The van der Waals surface area contributed by atoms with Crippen molar-refractivity contribution in [1.29, 1.82) is 0 Å². The largest absolute Gasteiger partial charge is 0.365 e. The molecule has 0 spiro atoms. The quantitative estimate of drug-likeness (QED) is 0.490. The Hall–Kier alpha value is -3.59. The van der Waals surface area contributed by atoms with Gasteiger partial charge in [0.25, 0.3) is 5.91 Å². The van der Waals surface area contributed by atoms with Crippen LogP contribution in [0.25, 0.3) is 11.1 Å². The van der Waals surface area contributed by atoms with Gasteiger partial charge in [-0.15, -0.1) is 0 Å². The summed E-state index contributed by atoms with van der Waals surface area (Å²) in [4.78, 5) is 20.6. The van der Waals surface area contributed by atoms with Crippen molar-refractivity contribution in [2.24, 2.45) is 11.5 Å². The molecule has 9 nitrogen and oxygen atoms in total. The van der Waals surface area contributed by atoms with Gasteiger partial charge in [0.2, 0.25) is 5.95 Å². The van der Waals surface area contributed by atoms with Crippen LogP contribution >= 0.6 is 0 Å². The van der Waals surface area contributed by atoms with E-state index >= 15 is 0 Å². The Labute approximate surface area is 174 Å². The summed E-state index contributed by atoms with van der Waals surface area (Å²) in [5.41, 5.74) is 14.7. The molecule has 2 aromatic heterocycles. The highest BCUT2D eigenvalue weighted by atomic mass is 16.1. The third-order valence-electron chi connectivity index (χ3n) is 5.25. The van der Waals surface area contributed by atoms with Crippen LogP contribution < -0.4 is 22.1 Å². The summed E-state index contributed by atoms with van der Waals surface area (Å²) in [7, 11) is 0. The molecule has 1 aliphatic rings. The molecule has 0 bridgehead atoms. The lowest BCUT2D eigenvalue weighted by molar-refractivity contribution is 0.100. The standard InChI is InChI=1S/C21H24N8O/c22-17-3-1-2-4-18(17)28-21-24-12-16(19(23)30)20(29-21)27-15-7-5-13(6-8-15)14-9-10-25-26-11-14/h5-12,17-18H,1-4,22H2,(H2,23,30)(H2,24,27,28,29)/t17-,18+/m0/s1. The van der Waals surface area contributed by atoms with Crippen molar-refractivity contribution in [2.45, 2.75) is 37.8 Å². The minimum absolute atomic E-state index is 0.0600. The third kappa shape index (κ3) is 4.52. The third-order valence-corrected chi connectivity index (χ3v) is 5.25. The van der Waals surface area contributed by atoms with Crippen LogP contribution in [0.15, 0.2) is 48.9 Å². The van der Waals surface area contributed by atoms with Gasteiger partial charge in [-0.05, 0) is 36.6 Å². The van der Waals surface area contributed by atoms with Gasteiger partial charge in [0.15, 0.2) is 0 Å². The number of nitrogens with zero attached hydrogens (tertiary/aromatic N) is 4. The van der Waals surface area contributed by atoms with E-state index in [0.29, 0.717) is 11.8 Å². The number of aromatic nitrogens is 4. The maximum absolute atomic E-state index is 11.9. The van der Waals surface area contributed by atoms with Crippen LogP contribution in [0.2, 0.25) is 0 Å². The van der Waals surface area contributed by atoms with Crippen LogP contribution in [0.3, 0.4) is 0 Å². The smallest absolute Gasteiger partial charge is 0.254 e. The zero-order valence-corrected chi connectivity index (χ0v) is 16.5. The molecule has 1 aliphatic carbocycles. The fourth-order valence-corrected chi connectivity index (χ4v) is 3.58. The SMILES string of the molecule is NC(=O)c1cnc(N[C@@H]2CCCC[C@@H]2N)nc1Nc1ccc(-c2ccnnc2)cc1. The summed E-state index contributed by atoms with van der Waals surface area (Å²) >= 11 is 0. The van der Waals surface area contributed by atoms with E-state index < -0.39 is 5.91 Å². The van der Waals surface area contributed by atoms with Gasteiger partial charge in [0.1, 0.15) is 11.4 Å². The van der Waals surface area contributed by atoms with Crippen LogP contribution in [-0.2, 0) is 0 Å². The maximum Gasteiger partial charge on any atom is 0.254 e. The van der Waals surface area contributed by atoms with Crippen molar-refractivity contribution in [1.82, 2.24) is 20.2 Å². The van der Waals surface area contributed by atoms with Gasteiger partial charge in [-0.2, -0.15) is 15.2 Å². The first-order valence-electron chi connectivity index (χ1n) is 9.93. The van der Waals surface area contributed by atoms with Crippen molar-refractivity contribution in [3.8, 4) is 11.1 Å². The molecule has 0 saturated heterocycles. The number of amides is 1. The second kappa shape index (κ2) is 8.83. The Morgan fingerprint density at radius 2 is 1.80 bits per heavy atom. The summed E-state index contributed by atoms with van der Waals surface area (Å²) in [5, 5.41) is 14.2. The van der Waals surface area contributed by atoms with Gasteiger partial charge in [-0.3, -0.25) is 4.79 Å². The van der Waals surface area contributed by atoms with Crippen LogP contribution in [0.1, 0.15) is 36.0 Å². The molecule has 1 fully saturated rings. The van der Waals surface area contributed by atoms with E-state index in [4.69, 9.17) is 11.5 Å². The van der Waals surface area contributed by atoms with Gasteiger partial charge in [-0.1, -0.05) is 25.0 Å². The molecule has 0 radical (unpaired) electrons.